The summed E-state index contributed by atoms with van der Waals surface area (Å²) in [6, 6.07) is 1.46. The quantitative estimate of drug-likeness (QED) is 0.686. The van der Waals surface area contributed by atoms with Crippen LogP contribution in [-0.4, -0.2) is 9.13 Å². The first-order valence-electron chi connectivity index (χ1n) is 5.51. The predicted molar refractivity (Wildman–Crippen MR) is 60.2 cm³/mol. The molecule has 0 aromatic carbocycles. The highest BCUT2D eigenvalue weighted by molar-refractivity contribution is 4.86. The van der Waals surface area contributed by atoms with Gasteiger partial charge in [0.1, 0.15) is 0 Å². The van der Waals surface area contributed by atoms with E-state index < -0.39 is 0 Å². The zero-order valence-corrected chi connectivity index (χ0v) is 9.40. The molecule has 0 saturated heterocycles. The molecular formula is C11H18N2O2. The van der Waals surface area contributed by atoms with Crippen molar-refractivity contribution >= 4 is 0 Å². The van der Waals surface area contributed by atoms with Crippen LogP contribution in [0.15, 0.2) is 21.9 Å². The van der Waals surface area contributed by atoms with E-state index in [0.717, 1.165) is 19.3 Å². The zero-order chi connectivity index (χ0) is 11.3. The maximum Gasteiger partial charge on any atom is 0.330 e. The van der Waals surface area contributed by atoms with Crippen LogP contribution in [0.3, 0.4) is 0 Å². The van der Waals surface area contributed by atoms with Gasteiger partial charge in [-0.05, 0) is 13.3 Å². The van der Waals surface area contributed by atoms with Gasteiger partial charge in [0.2, 0.25) is 0 Å². The van der Waals surface area contributed by atoms with Crippen molar-refractivity contribution in [2.75, 3.05) is 0 Å². The van der Waals surface area contributed by atoms with Crippen LogP contribution in [0.5, 0.6) is 0 Å². The second-order valence-corrected chi connectivity index (χ2v) is 3.58. The summed E-state index contributed by atoms with van der Waals surface area (Å²) in [4.78, 5) is 23.2. The minimum Gasteiger partial charge on any atom is -0.301 e. The van der Waals surface area contributed by atoms with Crippen LogP contribution in [-0.2, 0) is 13.1 Å². The third kappa shape index (κ3) is 2.81. The molecule has 0 saturated carbocycles. The van der Waals surface area contributed by atoms with Crippen LogP contribution in [0.1, 0.15) is 33.1 Å². The number of aryl methyl sites for hydroxylation is 1. The first-order chi connectivity index (χ1) is 7.20. The fourth-order valence-electron chi connectivity index (χ4n) is 1.52. The Morgan fingerprint density at radius 1 is 1.20 bits per heavy atom. The highest BCUT2D eigenvalue weighted by Gasteiger charge is 2.02. The Morgan fingerprint density at radius 3 is 2.53 bits per heavy atom. The van der Waals surface area contributed by atoms with Crippen LogP contribution >= 0.6 is 0 Å². The van der Waals surface area contributed by atoms with Gasteiger partial charge in [-0.25, -0.2) is 4.79 Å². The molecule has 4 nitrogen and oxygen atoms in total. The van der Waals surface area contributed by atoms with Crippen molar-refractivity contribution in [1.82, 2.24) is 9.13 Å². The molecule has 0 atom stereocenters. The lowest BCUT2D eigenvalue weighted by atomic mass is 10.2. The Bertz CT molecular complexity index is 417. The average molecular weight is 210 g/mol. The van der Waals surface area contributed by atoms with Gasteiger partial charge < -0.3 is 4.57 Å². The number of rotatable bonds is 5. The van der Waals surface area contributed by atoms with Crippen molar-refractivity contribution < 1.29 is 0 Å². The molecule has 0 N–H and O–H groups in total. The Labute approximate surface area is 89.2 Å². The van der Waals surface area contributed by atoms with E-state index in [0.29, 0.717) is 13.1 Å². The number of nitrogens with zero attached hydrogens (tertiary/aromatic N) is 2. The predicted octanol–water partition coefficient (Wildman–Crippen LogP) is 1.22. The summed E-state index contributed by atoms with van der Waals surface area (Å²) in [5.74, 6) is 0. The maximum absolute atomic E-state index is 11.7. The van der Waals surface area contributed by atoms with Crippen LogP contribution in [0.25, 0.3) is 0 Å². The third-order valence-corrected chi connectivity index (χ3v) is 2.47. The van der Waals surface area contributed by atoms with E-state index in [9.17, 15) is 9.59 Å². The van der Waals surface area contributed by atoms with E-state index in [1.807, 2.05) is 6.92 Å². The second kappa shape index (κ2) is 5.53. The molecule has 1 aromatic heterocycles. The van der Waals surface area contributed by atoms with Gasteiger partial charge in [-0.2, -0.15) is 0 Å². The first kappa shape index (κ1) is 11.8. The summed E-state index contributed by atoms with van der Waals surface area (Å²) in [6.45, 7) is 5.12. The number of hydrogen-bond acceptors (Lipinski definition) is 2. The minimum absolute atomic E-state index is 0.193. The molecule has 4 heteroatoms. The Kier molecular flexibility index (Phi) is 4.34. The molecule has 0 radical (unpaired) electrons. The summed E-state index contributed by atoms with van der Waals surface area (Å²) >= 11 is 0. The highest BCUT2D eigenvalue weighted by atomic mass is 16.2. The van der Waals surface area contributed by atoms with Crippen molar-refractivity contribution in [2.24, 2.45) is 0 Å². The molecule has 1 rings (SSSR count). The Hall–Kier alpha value is -1.32. The summed E-state index contributed by atoms with van der Waals surface area (Å²) in [6.07, 6.45) is 4.58. The van der Waals surface area contributed by atoms with E-state index in [2.05, 4.69) is 6.92 Å². The molecule has 1 aromatic rings. The van der Waals surface area contributed by atoms with E-state index >= 15 is 0 Å². The van der Waals surface area contributed by atoms with E-state index in [1.54, 1.807) is 10.8 Å². The zero-order valence-electron chi connectivity index (χ0n) is 9.40. The van der Waals surface area contributed by atoms with Gasteiger partial charge in [0.15, 0.2) is 0 Å². The Balaban J connectivity index is 2.95. The molecular weight excluding hydrogens is 192 g/mol. The van der Waals surface area contributed by atoms with Crippen LogP contribution in [0, 0.1) is 0 Å². The smallest absolute Gasteiger partial charge is 0.301 e. The van der Waals surface area contributed by atoms with Gasteiger partial charge in [-0.3, -0.25) is 9.36 Å². The summed E-state index contributed by atoms with van der Waals surface area (Å²) in [5, 5.41) is 0. The normalized spacial score (nSPS) is 10.5. The highest BCUT2D eigenvalue weighted by Crippen LogP contribution is 1.94. The lowest BCUT2D eigenvalue weighted by molar-refractivity contribution is 0.528. The van der Waals surface area contributed by atoms with Gasteiger partial charge in [-0.1, -0.05) is 19.8 Å². The number of hydrogen-bond donors (Lipinski definition) is 0. The fraction of sp³-hybridized carbons (Fsp3) is 0.636. The van der Waals surface area contributed by atoms with Crippen molar-refractivity contribution in [1.29, 1.82) is 0 Å². The molecule has 15 heavy (non-hydrogen) atoms. The summed E-state index contributed by atoms with van der Waals surface area (Å²) < 4.78 is 2.87. The minimum atomic E-state index is -0.194. The number of aromatic nitrogens is 2. The molecule has 0 aliphatic rings. The lowest BCUT2D eigenvalue weighted by Gasteiger charge is -2.07. The molecule has 1 heterocycles. The van der Waals surface area contributed by atoms with Gasteiger partial charge in [0.05, 0.1) is 0 Å². The number of unbranched alkanes of at least 4 members (excludes halogenated alkanes) is 2. The van der Waals surface area contributed by atoms with Crippen LogP contribution < -0.4 is 11.2 Å². The standard InChI is InChI=1S/C11H18N2O2/c1-3-5-6-8-13-10(14)7-9-12(4-2)11(13)15/h7,9H,3-6,8H2,1-2H3. The van der Waals surface area contributed by atoms with Gasteiger partial charge in [0.25, 0.3) is 5.56 Å². The molecule has 0 aliphatic heterocycles. The van der Waals surface area contributed by atoms with Crippen molar-refractivity contribution in [3.63, 3.8) is 0 Å². The molecule has 0 spiro atoms. The van der Waals surface area contributed by atoms with E-state index in [4.69, 9.17) is 0 Å². The van der Waals surface area contributed by atoms with Gasteiger partial charge in [-0.15, -0.1) is 0 Å². The molecule has 0 aliphatic carbocycles. The fourth-order valence-corrected chi connectivity index (χ4v) is 1.52. The monoisotopic (exact) mass is 210 g/mol. The molecule has 0 unspecified atom stereocenters. The molecule has 84 valence electrons. The Morgan fingerprint density at radius 2 is 1.93 bits per heavy atom. The summed E-state index contributed by atoms with van der Waals surface area (Å²) in [5.41, 5.74) is -0.387. The molecule has 0 bridgehead atoms. The maximum atomic E-state index is 11.7. The van der Waals surface area contributed by atoms with Crippen molar-refractivity contribution in [3.8, 4) is 0 Å². The van der Waals surface area contributed by atoms with Crippen molar-refractivity contribution in [2.45, 2.75) is 46.2 Å². The summed E-state index contributed by atoms with van der Waals surface area (Å²) in [7, 11) is 0. The van der Waals surface area contributed by atoms with Crippen LogP contribution in [0.2, 0.25) is 0 Å². The third-order valence-electron chi connectivity index (χ3n) is 2.47. The van der Waals surface area contributed by atoms with Crippen molar-refractivity contribution in [3.05, 3.63) is 33.1 Å². The second-order valence-electron chi connectivity index (χ2n) is 3.58. The largest absolute Gasteiger partial charge is 0.330 e. The van der Waals surface area contributed by atoms with Gasteiger partial charge in [0, 0.05) is 25.4 Å². The molecule has 0 fully saturated rings. The van der Waals surface area contributed by atoms with Crippen LogP contribution in [0.4, 0.5) is 0 Å². The van der Waals surface area contributed by atoms with Gasteiger partial charge >= 0.3 is 5.69 Å². The topological polar surface area (TPSA) is 44.0 Å². The molecule has 0 amide bonds. The first-order valence-corrected chi connectivity index (χ1v) is 5.51. The van der Waals surface area contributed by atoms with E-state index in [1.165, 1.54) is 10.6 Å². The lowest BCUT2D eigenvalue weighted by Crippen LogP contribution is -2.38. The SMILES string of the molecule is CCCCCn1c(=O)ccn(CC)c1=O. The average Bonchev–Trinajstić information content (AvgIpc) is 2.23. The van der Waals surface area contributed by atoms with E-state index in [-0.39, 0.29) is 11.2 Å².